The molecule has 0 bridgehead atoms. The van der Waals surface area contributed by atoms with Gasteiger partial charge >= 0.3 is 0 Å². The molecule has 0 amide bonds. The highest BCUT2D eigenvalue weighted by molar-refractivity contribution is 7.09. The molecule has 4 nitrogen and oxygen atoms in total. The smallest absolute Gasteiger partial charge is 0.0995 e. The van der Waals surface area contributed by atoms with E-state index in [1.165, 1.54) is 0 Å². The predicted molar refractivity (Wildman–Crippen MR) is 82.5 cm³/mol. The first kappa shape index (κ1) is 15.1. The van der Waals surface area contributed by atoms with Gasteiger partial charge in [-0.3, -0.25) is 11.3 Å². The third-order valence-corrected chi connectivity index (χ3v) is 4.10. The summed E-state index contributed by atoms with van der Waals surface area (Å²) in [5.74, 6) is 5.74. The second kappa shape index (κ2) is 7.50. The zero-order valence-corrected chi connectivity index (χ0v) is 12.7. The summed E-state index contributed by atoms with van der Waals surface area (Å²) in [7, 11) is 0. The maximum absolute atomic E-state index is 5.89. The van der Waals surface area contributed by atoms with Gasteiger partial charge in [0, 0.05) is 24.1 Å². The monoisotopic (exact) mass is 291 g/mol. The van der Waals surface area contributed by atoms with Crippen molar-refractivity contribution in [3.05, 3.63) is 52.0 Å². The standard InChI is InChI=1S/C15H21N3OS/c1-3-19-15(12-7-5-4-6-8-12)13(18-16)9-14-17-11(2)10-20-14/h4-8,10,13,15,18H,3,9,16H2,1-2H3. The molecule has 2 atom stereocenters. The van der Waals surface area contributed by atoms with Crippen LogP contribution in [0.25, 0.3) is 0 Å². The van der Waals surface area contributed by atoms with Gasteiger partial charge in [0.2, 0.25) is 0 Å². The van der Waals surface area contributed by atoms with E-state index in [9.17, 15) is 0 Å². The average molecular weight is 291 g/mol. The Hall–Kier alpha value is -1.27. The number of hydrogen-bond donors (Lipinski definition) is 2. The molecule has 0 saturated carbocycles. The zero-order valence-electron chi connectivity index (χ0n) is 11.9. The SMILES string of the molecule is CCOC(c1ccccc1)C(Cc1nc(C)cs1)NN. The maximum Gasteiger partial charge on any atom is 0.0995 e. The average Bonchev–Trinajstić information content (AvgIpc) is 2.89. The Morgan fingerprint density at radius 2 is 2.10 bits per heavy atom. The molecular formula is C15H21N3OS. The highest BCUT2D eigenvalue weighted by Crippen LogP contribution is 2.24. The minimum absolute atomic E-state index is 0.00269. The minimum atomic E-state index is -0.0737. The topological polar surface area (TPSA) is 60.2 Å². The van der Waals surface area contributed by atoms with Crippen molar-refractivity contribution in [3.8, 4) is 0 Å². The van der Waals surface area contributed by atoms with Crippen LogP contribution in [0.15, 0.2) is 35.7 Å². The van der Waals surface area contributed by atoms with Gasteiger partial charge in [-0.1, -0.05) is 30.3 Å². The summed E-state index contributed by atoms with van der Waals surface area (Å²) in [5, 5.41) is 3.13. The van der Waals surface area contributed by atoms with Crippen molar-refractivity contribution in [2.75, 3.05) is 6.61 Å². The van der Waals surface area contributed by atoms with Crippen molar-refractivity contribution in [1.29, 1.82) is 0 Å². The van der Waals surface area contributed by atoms with Crippen LogP contribution >= 0.6 is 11.3 Å². The van der Waals surface area contributed by atoms with Crippen molar-refractivity contribution in [1.82, 2.24) is 10.4 Å². The molecule has 1 aromatic heterocycles. The molecule has 2 rings (SSSR count). The van der Waals surface area contributed by atoms with Crippen LogP contribution in [0.2, 0.25) is 0 Å². The predicted octanol–water partition coefficient (Wildman–Crippen LogP) is 2.60. The summed E-state index contributed by atoms with van der Waals surface area (Å²) >= 11 is 1.66. The first-order chi connectivity index (χ1) is 9.74. The van der Waals surface area contributed by atoms with Gasteiger partial charge in [-0.25, -0.2) is 4.98 Å². The maximum atomic E-state index is 5.89. The van der Waals surface area contributed by atoms with Gasteiger partial charge in [0.05, 0.1) is 17.2 Å². The van der Waals surface area contributed by atoms with Crippen molar-refractivity contribution in [3.63, 3.8) is 0 Å². The van der Waals surface area contributed by atoms with E-state index in [0.717, 1.165) is 22.7 Å². The van der Waals surface area contributed by atoms with Crippen LogP contribution in [0.5, 0.6) is 0 Å². The molecule has 5 heteroatoms. The van der Waals surface area contributed by atoms with Crippen LogP contribution in [0, 0.1) is 6.92 Å². The number of aryl methyl sites for hydroxylation is 1. The molecule has 0 aliphatic rings. The number of ether oxygens (including phenoxy) is 1. The van der Waals surface area contributed by atoms with Gasteiger partial charge in [0.1, 0.15) is 0 Å². The molecule has 0 aliphatic carbocycles. The molecule has 0 saturated heterocycles. The summed E-state index contributed by atoms with van der Waals surface area (Å²) < 4.78 is 5.89. The number of nitrogens with one attached hydrogen (secondary N) is 1. The summed E-state index contributed by atoms with van der Waals surface area (Å²) in [4.78, 5) is 4.50. The molecular weight excluding hydrogens is 270 g/mol. The van der Waals surface area contributed by atoms with E-state index in [1.807, 2.05) is 32.0 Å². The molecule has 108 valence electrons. The van der Waals surface area contributed by atoms with Crippen molar-refractivity contribution >= 4 is 11.3 Å². The highest BCUT2D eigenvalue weighted by atomic mass is 32.1. The molecule has 0 aliphatic heterocycles. The van der Waals surface area contributed by atoms with Crippen LogP contribution in [0.4, 0.5) is 0 Å². The van der Waals surface area contributed by atoms with Crippen LogP contribution < -0.4 is 11.3 Å². The molecule has 3 N–H and O–H groups in total. The lowest BCUT2D eigenvalue weighted by Gasteiger charge is -2.26. The Morgan fingerprint density at radius 3 is 2.65 bits per heavy atom. The lowest BCUT2D eigenvalue weighted by Crippen LogP contribution is -2.42. The second-order valence-corrected chi connectivity index (χ2v) is 5.59. The first-order valence-electron chi connectivity index (χ1n) is 6.78. The van der Waals surface area contributed by atoms with Gasteiger partial charge in [0.15, 0.2) is 0 Å². The van der Waals surface area contributed by atoms with Gasteiger partial charge in [-0.05, 0) is 19.4 Å². The Balaban J connectivity index is 2.17. The molecule has 2 unspecified atom stereocenters. The largest absolute Gasteiger partial charge is 0.372 e. The molecule has 2 aromatic rings. The van der Waals surface area contributed by atoms with E-state index in [2.05, 4.69) is 27.9 Å². The van der Waals surface area contributed by atoms with E-state index >= 15 is 0 Å². The van der Waals surface area contributed by atoms with Gasteiger partial charge in [-0.2, -0.15) is 0 Å². The van der Waals surface area contributed by atoms with Crippen LogP contribution in [0.3, 0.4) is 0 Å². The molecule has 0 spiro atoms. The third kappa shape index (κ3) is 3.86. The van der Waals surface area contributed by atoms with E-state index < -0.39 is 0 Å². The lowest BCUT2D eigenvalue weighted by molar-refractivity contribution is 0.0332. The number of hydrazine groups is 1. The number of nitrogens with two attached hydrogens (primary N) is 1. The minimum Gasteiger partial charge on any atom is -0.372 e. The van der Waals surface area contributed by atoms with Crippen molar-refractivity contribution in [2.24, 2.45) is 5.84 Å². The fraction of sp³-hybridized carbons (Fsp3) is 0.400. The number of nitrogens with zero attached hydrogens (tertiary/aromatic N) is 1. The van der Waals surface area contributed by atoms with Gasteiger partial charge in [-0.15, -0.1) is 11.3 Å². The summed E-state index contributed by atoms with van der Waals surface area (Å²) in [6.07, 6.45) is 0.685. The van der Waals surface area contributed by atoms with E-state index in [-0.39, 0.29) is 12.1 Å². The molecule has 1 heterocycles. The second-order valence-electron chi connectivity index (χ2n) is 4.65. The normalized spacial score (nSPS) is 14.2. The third-order valence-electron chi connectivity index (χ3n) is 3.11. The van der Waals surface area contributed by atoms with E-state index in [0.29, 0.717) is 6.61 Å². The Bertz CT molecular complexity index is 515. The molecule has 0 fully saturated rings. The fourth-order valence-corrected chi connectivity index (χ4v) is 3.04. The summed E-state index contributed by atoms with van der Waals surface area (Å²) in [5.41, 5.74) is 5.06. The van der Waals surface area contributed by atoms with Crippen molar-refractivity contribution in [2.45, 2.75) is 32.4 Å². The Morgan fingerprint density at radius 1 is 1.35 bits per heavy atom. The van der Waals surface area contributed by atoms with Crippen LogP contribution in [-0.2, 0) is 11.2 Å². The number of thiazole rings is 1. The van der Waals surface area contributed by atoms with Gasteiger partial charge < -0.3 is 4.74 Å². The number of benzene rings is 1. The first-order valence-corrected chi connectivity index (χ1v) is 7.66. The molecule has 0 radical (unpaired) electrons. The number of aromatic nitrogens is 1. The van der Waals surface area contributed by atoms with Crippen molar-refractivity contribution < 1.29 is 4.74 Å². The summed E-state index contributed by atoms with van der Waals surface area (Å²) in [6.45, 7) is 4.65. The molecule has 1 aromatic carbocycles. The molecule has 20 heavy (non-hydrogen) atoms. The van der Waals surface area contributed by atoms with E-state index in [4.69, 9.17) is 10.6 Å². The summed E-state index contributed by atoms with van der Waals surface area (Å²) in [6, 6.07) is 10.2. The highest BCUT2D eigenvalue weighted by Gasteiger charge is 2.24. The fourth-order valence-electron chi connectivity index (χ4n) is 2.20. The quantitative estimate of drug-likeness (QED) is 0.608. The van der Waals surface area contributed by atoms with Gasteiger partial charge in [0.25, 0.3) is 0 Å². The number of hydrogen-bond acceptors (Lipinski definition) is 5. The zero-order chi connectivity index (χ0) is 14.4. The number of rotatable bonds is 7. The van der Waals surface area contributed by atoms with Crippen LogP contribution in [0.1, 0.15) is 29.3 Å². The Labute approximate surface area is 124 Å². The van der Waals surface area contributed by atoms with E-state index in [1.54, 1.807) is 11.3 Å². The van der Waals surface area contributed by atoms with Crippen LogP contribution in [-0.4, -0.2) is 17.6 Å². The Kier molecular flexibility index (Phi) is 5.67. The lowest BCUT2D eigenvalue weighted by atomic mass is 10.00.